The van der Waals surface area contributed by atoms with E-state index in [-0.39, 0.29) is 0 Å². The largest absolute Gasteiger partial charge is 0.390 e. The Morgan fingerprint density at radius 2 is 1.00 bits per heavy atom. The molecule has 0 radical (unpaired) electrons. The maximum absolute atomic E-state index is 11.4. The molecular weight excluding hydrogens is 332 g/mol. The van der Waals surface area contributed by atoms with Crippen LogP contribution in [0.25, 0.3) is 0 Å². The van der Waals surface area contributed by atoms with Crippen molar-refractivity contribution in [2.45, 2.75) is 38.2 Å². The molecule has 0 bridgehead atoms. The lowest BCUT2D eigenvalue weighted by molar-refractivity contribution is -0.0690. The first-order chi connectivity index (χ1) is 13.1. The van der Waals surface area contributed by atoms with Crippen molar-refractivity contribution in [2.24, 2.45) is 11.8 Å². The van der Waals surface area contributed by atoms with Gasteiger partial charge < -0.3 is 14.9 Å². The van der Waals surface area contributed by atoms with E-state index in [1.807, 2.05) is 0 Å². The van der Waals surface area contributed by atoms with Crippen molar-refractivity contribution in [2.75, 3.05) is 36.0 Å². The number of hydrogen-bond acceptors (Lipinski definition) is 3. The molecule has 1 N–H and O–H groups in total. The van der Waals surface area contributed by atoms with Gasteiger partial charge in [-0.3, -0.25) is 0 Å². The summed E-state index contributed by atoms with van der Waals surface area (Å²) in [6.45, 7) is 6.31. The Bertz CT molecular complexity index is 638. The summed E-state index contributed by atoms with van der Waals surface area (Å²) in [5.41, 5.74) is 2.07. The number of nitrogens with zero attached hydrogens (tertiary/aromatic N) is 2. The van der Waals surface area contributed by atoms with Crippen molar-refractivity contribution in [1.29, 1.82) is 0 Å². The molecule has 0 amide bonds. The molecule has 0 aliphatic carbocycles. The van der Waals surface area contributed by atoms with E-state index in [9.17, 15) is 5.11 Å². The summed E-state index contributed by atoms with van der Waals surface area (Å²) in [5.74, 6) is 0.816. The smallest absolute Gasteiger partial charge is 0.0678 e. The Hall–Kier alpha value is -2.00. The van der Waals surface area contributed by atoms with Crippen molar-refractivity contribution in [3.8, 4) is 0 Å². The first-order valence-electron chi connectivity index (χ1n) is 10.5. The quantitative estimate of drug-likeness (QED) is 0.861. The standard InChI is InChI=1S/C24H32N2O/c1-24(27,20-12-16-25(17-13-20)22-8-4-2-5-9-22)21-14-18-26(19-15-21)23-10-6-3-7-11-23/h2-11,20-21,27H,12-19H2,1H3. The van der Waals surface area contributed by atoms with Gasteiger partial charge in [-0.05, 0) is 68.7 Å². The van der Waals surface area contributed by atoms with Crippen LogP contribution in [-0.2, 0) is 0 Å². The molecule has 2 aromatic rings. The van der Waals surface area contributed by atoms with Crippen molar-refractivity contribution >= 4 is 11.4 Å². The second-order valence-corrected chi connectivity index (χ2v) is 8.42. The van der Waals surface area contributed by atoms with E-state index in [0.29, 0.717) is 11.8 Å². The summed E-state index contributed by atoms with van der Waals surface area (Å²) >= 11 is 0. The fourth-order valence-corrected chi connectivity index (χ4v) is 5.06. The first kappa shape index (κ1) is 18.4. The summed E-state index contributed by atoms with van der Waals surface area (Å²) in [5, 5.41) is 11.4. The van der Waals surface area contributed by atoms with Crippen LogP contribution in [0.3, 0.4) is 0 Å². The van der Waals surface area contributed by atoms with Gasteiger partial charge in [0.2, 0.25) is 0 Å². The van der Waals surface area contributed by atoms with Crippen LogP contribution in [0.5, 0.6) is 0 Å². The number of piperidine rings is 2. The van der Waals surface area contributed by atoms with Crippen LogP contribution in [0.4, 0.5) is 11.4 Å². The maximum Gasteiger partial charge on any atom is 0.0678 e. The van der Waals surface area contributed by atoms with E-state index in [4.69, 9.17) is 0 Å². The Morgan fingerprint density at radius 3 is 1.33 bits per heavy atom. The molecule has 0 saturated carbocycles. The Kier molecular flexibility index (Phi) is 5.40. The second kappa shape index (κ2) is 7.93. The van der Waals surface area contributed by atoms with Crippen LogP contribution < -0.4 is 9.80 Å². The lowest BCUT2D eigenvalue weighted by atomic mass is 9.70. The fourth-order valence-electron chi connectivity index (χ4n) is 5.06. The Morgan fingerprint density at radius 1 is 0.667 bits per heavy atom. The summed E-state index contributed by atoms with van der Waals surface area (Å²) in [6, 6.07) is 21.4. The summed E-state index contributed by atoms with van der Waals surface area (Å²) < 4.78 is 0. The molecule has 2 aliphatic heterocycles. The second-order valence-electron chi connectivity index (χ2n) is 8.42. The van der Waals surface area contributed by atoms with Crippen molar-refractivity contribution in [1.82, 2.24) is 0 Å². The third kappa shape index (κ3) is 3.98. The third-order valence-electron chi connectivity index (χ3n) is 6.89. The molecule has 2 heterocycles. The van der Waals surface area contributed by atoms with Gasteiger partial charge in [-0.1, -0.05) is 36.4 Å². The molecule has 3 heteroatoms. The van der Waals surface area contributed by atoms with Gasteiger partial charge in [0.05, 0.1) is 5.60 Å². The van der Waals surface area contributed by atoms with Crippen LogP contribution in [0.15, 0.2) is 60.7 Å². The first-order valence-corrected chi connectivity index (χ1v) is 10.5. The zero-order valence-corrected chi connectivity index (χ0v) is 16.4. The van der Waals surface area contributed by atoms with Gasteiger partial charge >= 0.3 is 0 Å². The molecule has 27 heavy (non-hydrogen) atoms. The minimum Gasteiger partial charge on any atom is -0.390 e. The predicted molar refractivity (Wildman–Crippen MR) is 113 cm³/mol. The number of benzene rings is 2. The minimum absolute atomic E-state index is 0.408. The molecule has 2 aromatic carbocycles. The summed E-state index contributed by atoms with van der Waals surface area (Å²) in [6.07, 6.45) is 4.34. The number of para-hydroxylation sites is 2. The van der Waals surface area contributed by atoms with E-state index in [0.717, 1.165) is 51.9 Å². The number of aliphatic hydroxyl groups is 1. The molecule has 0 unspecified atom stereocenters. The molecular formula is C24H32N2O. The van der Waals surface area contributed by atoms with E-state index < -0.39 is 5.60 Å². The van der Waals surface area contributed by atoms with Gasteiger partial charge in [-0.2, -0.15) is 0 Å². The highest BCUT2D eigenvalue weighted by Gasteiger charge is 2.42. The molecule has 4 rings (SSSR count). The number of anilines is 2. The van der Waals surface area contributed by atoms with E-state index in [2.05, 4.69) is 77.4 Å². The van der Waals surface area contributed by atoms with Crippen molar-refractivity contribution in [3.63, 3.8) is 0 Å². The summed E-state index contributed by atoms with van der Waals surface area (Å²) in [4.78, 5) is 4.93. The van der Waals surface area contributed by atoms with Gasteiger partial charge in [0.25, 0.3) is 0 Å². The average Bonchev–Trinajstić information content (AvgIpc) is 2.75. The van der Waals surface area contributed by atoms with Crippen LogP contribution in [-0.4, -0.2) is 36.9 Å². The lowest BCUT2D eigenvalue weighted by Crippen LogP contribution is -2.51. The molecule has 0 aromatic heterocycles. The SMILES string of the molecule is CC(O)(C1CCN(c2ccccc2)CC1)C1CCN(c2ccccc2)CC1. The maximum atomic E-state index is 11.4. The normalized spacial score (nSPS) is 20.1. The highest BCUT2D eigenvalue weighted by molar-refractivity contribution is 5.47. The minimum atomic E-state index is -0.550. The fraction of sp³-hybridized carbons (Fsp3) is 0.500. The van der Waals surface area contributed by atoms with E-state index >= 15 is 0 Å². The highest BCUT2D eigenvalue weighted by Crippen LogP contribution is 2.40. The lowest BCUT2D eigenvalue weighted by Gasteiger charge is -2.47. The summed E-state index contributed by atoms with van der Waals surface area (Å²) in [7, 11) is 0. The molecule has 3 nitrogen and oxygen atoms in total. The topological polar surface area (TPSA) is 26.7 Å². The van der Waals surface area contributed by atoms with Crippen LogP contribution in [0.2, 0.25) is 0 Å². The molecule has 0 spiro atoms. The number of hydrogen-bond donors (Lipinski definition) is 1. The third-order valence-corrected chi connectivity index (χ3v) is 6.89. The zero-order valence-electron chi connectivity index (χ0n) is 16.4. The Labute approximate surface area is 163 Å². The van der Waals surface area contributed by atoms with Crippen molar-refractivity contribution < 1.29 is 5.11 Å². The van der Waals surface area contributed by atoms with Crippen LogP contribution in [0, 0.1) is 11.8 Å². The Balaban J connectivity index is 1.33. The van der Waals surface area contributed by atoms with Crippen LogP contribution in [0.1, 0.15) is 32.6 Å². The predicted octanol–water partition coefficient (Wildman–Crippen LogP) is 4.57. The molecule has 0 atom stereocenters. The van der Waals surface area contributed by atoms with Crippen molar-refractivity contribution in [3.05, 3.63) is 60.7 Å². The van der Waals surface area contributed by atoms with Gasteiger partial charge in [-0.15, -0.1) is 0 Å². The highest BCUT2D eigenvalue weighted by atomic mass is 16.3. The zero-order chi connectivity index (χ0) is 18.7. The van der Waals surface area contributed by atoms with Crippen LogP contribution >= 0.6 is 0 Å². The van der Waals surface area contributed by atoms with E-state index in [1.165, 1.54) is 11.4 Å². The molecule has 2 saturated heterocycles. The number of rotatable bonds is 4. The van der Waals surface area contributed by atoms with Gasteiger partial charge in [-0.25, -0.2) is 0 Å². The van der Waals surface area contributed by atoms with Gasteiger partial charge in [0.15, 0.2) is 0 Å². The molecule has 144 valence electrons. The van der Waals surface area contributed by atoms with Gasteiger partial charge in [0.1, 0.15) is 0 Å². The monoisotopic (exact) mass is 364 g/mol. The molecule has 2 fully saturated rings. The average molecular weight is 365 g/mol. The van der Waals surface area contributed by atoms with E-state index in [1.54, 1.807) is 0 Å². The molecule has 2 aliphatic rings. The van der Waals surface area contributed by atoms with Gasteiger partial charge in [0, 0.05) is 37.6 Å².